The Kier molecular flexibility index (Phi) is 1.99. The molecule has 4 fully saturated rings. The summed E-state index contributed by atoms with van der Waals surface area (Å²) in [6, 6.07) is 0. The topological polar surface area (TPSA) is 44.6 Å². The maximum Gasteiger partial charge on any atom is 0.0987 e. The van der Waals surface area contributed by atoms with E-state index < -0.39 is 11.4 Å². The van der Waals surface area contributed by atoms with Crippen LogP contribution in [0.5, 0.6) is 0 Å². The molecular formula is C13H21NO2. The van der Waals surface area contributed by atoms with E-state index in [2.05, 4.69) is 14.1 Å². The minimum absolute atomic E-state index is 0.240. The molecule has 4 aliphatic rings. The van der Waals surface area contributed by atoms with Crippen molar-refractivity contribution in [3.63, 3.8) is 0 Å². The minimum atomic E-state index is -0.771. The summed E-state index contributed by atoms with van der Waals surface area (Å²) in [5, 5.41) is 11.5. The number of nitrogens with one attached hydrogen (secondary N) is 1. The summed E-state index contributed by atoms with van der Waals surface area (Å²) < 4.78 is 0. The first-order valence-corrected chi connectivity index (χ1v) is 6.48. The molecule has 0 aromatic rings. The first kappa shape index (κ1) is 10.6. The van der Waals surface area contributed by atoms with Crippen molar-refractivity contribution in [1.82, 2.24) is 0 Å². The third-order valence-electron chi connectivity index (χ3n) is 5.55. The van der Waals surface area contributed by atoms with Crippen molar-refractivity contribution < 1.29 is 14.8 Å². The van der Waals surface area contributed by atoms with Gasteiger partial charge in [-0.05, 0) is 31.1 Å². The van der Waals surface area contributed by atoms with Crippen LogP contribution in [0.4, 0.5) is 0 Å². The van der Waals surface area contributed by atoms with Gasteiger partial charge >= 0.3 is 0 Å². The van der Waals surface area contributed by atoms with Crippen LogP contribution in [0, 0.1) is 17.3 Å². The zero-order valence-electron chi connectivity index (χ0n) is 10.2. The van der Waals surface area contributed by atoms with E-state index in [-0.39, 0.29) is 5.54 Å². The van der Waals surface area contributed by atoms with E-state index in [0.717, 1.165) is 19.3 Å². The van der Waals surface area contributed by atoms with Crippen molar-refractivity contribution in [3.8, 4) is 0 Å². The van der Waals surface area contributed by atoms with Gasteiger partial charge in [0.15, 0.2) is 0 Å². The second-order valence-electron chi connectivity index (χ2n) is 6.81. The van der Waals surface area contributed by atoms with E-state index in [1.165, 1.54) is 24.2 Å². The first-order valence-electron chi connectivity index (χ1n) is 6.48. The van der Waals surface area contributed by atoms with Crippen LogP contribution in [0.15, 0.2) is 0 Å². The monoisotopic (exact) mass is 223 g/mol. The molecule has 1 N–H and O–H groups in total. The summed E-state index contributed by atoms with van der Waals surface area (Å²) >= 11 is 0. The van der Waals surface area contributed by atoms with Crippen LogP contribution in [-0.4, -0.2) is 25.6 Å². The molecule has 0 radical (unpaired) electrons. The molecule has 0 spiro atoms. The van der Waals surface area contributed by atoms with E-state index in [4.69, 9.17) is 0 Å². The van der Waals surface area contributed by atoms with E-state index in [1.807, 2.05) is 0 Å². The van der Waals surface area contributed by atoms with Crippen LogP contribution in [0.3, 0.4) is 0 Å². The number of carboxylic acid groups (broad SMARTS) is 1. The molecular weight excluding hydrogens is 202 g/mol. The summed E-state index contributed by atoms with van der Waals surface area (Å²) in [7, 11) is 4.38. The first-order chi connectivity index (χ1) is 7.46. The highest BCUT2D eigenvalue weighted by atomic mass is 16.4. The predicted octanol–water partition coefficient (Wildman–Crippen LogP) is -0.780. The summed E-state index contributed by atoms with van der Waals surface area (Å²) in [5.74, 6) is 0.523. The van der Waals surface area contributed by atoms with Crippen LogP contribution >= 0.6 is 0 Å². The van der Waals surface area contributed by atoms with Crippen molar-refractivity contribution in [2.45, 2.75) is 44.1 Å². The molecule has 4 rings (SSSR count). The summed E-state index contributed by atoms with van der Waals surface area (Å²) in [6.07, 6.45) is 6.38. The SMILES string of the molecule is C[NH+](C)C12C[C@H]3C[C@@H](CC(C(=O)[O-])(C3)C1)C2. The molecule has 3 nitrogen and oxygen atoms in total. The van der Waals surface area contributed by atoms with Crippen LogP contribution < -0.4 is 10.0 Å². The van der Waals surface area contributed by atoms with E-state index in [0.29, 0.717) is 11.8 Å². The molecule has 4 saturated carbocycles. The maximum atomic E-state index is 11.5. The van der Waals surface area contributed by atoms with Gasteiger partial charge in [-0.1, -0.05) is 0 Å². The number of hydrogen-bond acceptors (Lipinski definition) is 2. The highest BCUT2D eigenvalue weighted by Crippen LogP contribution is 2.60. The second-order valence-corrected chi connectivity index (χ2v) is 6.81. The lowest BCUT2D eigenvalue weighted by Gasteiger charge is -2.62. The highest BCUT2D eigenvalue weighted by molar-refractivity contribution is 5.73. The van der Waals surface area contributed by atoms with E-state index in [9.17, 15) is 9.90 Å². The number of rotatable bonds is 2. The maximum absolute atomic E-state index is 11.5. The molecule has 4 bridgehead atoms. The lowest BCUT2D eigenvalue weighted by molar-refractivity contribution is -0.922. The Morgan fingerprint density at radius 1 is 1.19 bits per heavy atom. The number of carboxylic acids is 1. The van der Waals surface area contributed by atoms with Gasteiger partial charge in [-0.15, -0.1) is 0 Å². The predicted molar refractivity (Wildman–Crippen MR) is 57.7 cm³/mol. The van der Waals surface area contributed by atoms with Gasteiger partial charge in [0.1, 0.15) is 0 Å². The average molecular weight is 223 g/mol. The Balaban J connectivity index is 2.00. The van der Waals surface area contributed by atoms with Gasteiger partial charge in [-0.2, -0.15) is 0 Å². The molecule has 0 unspecified atom stereocenters. The highest BCUT2D eigenvalue weighted by Gasteiger charge is 2.61. The lowest BCUT2D eigenvalue weighted by atomic mass is 9.46. The van der Waals surface area contributed by atoms with Crippen LogP contribution in [-0.2, 0) is 4.79 Å². The number of quaternary nitrogens is 1. The smallest absolute Gasteiger partial charge is 0.0987 e. The minimum Gasteiger partial charge on any atom is -0.550 e. The molecule has 0 heterocycles. The Morgan fingerprint density at radius 3 is 2.19 bits per heavy atom. The van der Waals surface area contributed by atoms with Gasteiger partial charge in [0.25, 0.3) is 0 Å². The van der Waals surface area contributed by atoms with Crippen molar-refractivity contribution >= 4 is 5.97 Å². The van der Waals surface area contributed by atoms with Gasteiger partial charge in [0.2, 0.25) is 0 Å². The number of hydrogen-bond donors (Lipinski definition) is 1. The molecule has 0 aliphatic heterocycles. The third-order valence-corrected chi connectivity index (χ3v) is 5.55. The molecule has 16 heavy (non-hydrogen) atoms. The van der Waals surface area contributed by atoms with Gasteiger partial charge in [-0.3, -0.25) is 0 Å². The van der Waals surface area contributed by atoms with Crippen LogP contribution in [0.25, 0.3) is 0 Å². The molecule has 0 aromatic carbocycles. The fourth-order valence-corrected chi connectivity index (χ4v) is 5.09. The normalized spacial score (nSPS) is 49.9. The van der Waals surface area contributed by atoms with Crippen molar-refractivity contribution in [3.05, 3.63) is 0 Å². The molecule has 0 aromatic heterocycles. The Bertz CT molecular complexity index is 323. The molecule has 0 amide bonds. The van der Waals surface area contributed by atoms with Crippen LogP contribution in [0.1, 0.15) is 38.5 Å². The molecule has 3 heteroatoms. The van der Waals surface area contributed by atoms with Gasteiger partial charge in [-0.25, -0.2) is 0 Å². The molecule has 4 aliphatic carbocycles. The molecule has 2 atom stereocenters. The third kappa shape index (κ3) is 1.21. The van der Waals surface area contributed by atoms with Gasteiger partial charge < -0.3 is 14.8 Å². The van der Waals surface area contributed by atoms with Gasteiger partial charge in [0.05, 0.1) is 19.6 Å². The summed E-state index contributed by atoms with van der Waals surface area (Å²) in [6.45, 7) is 0. The fourth-order valence-electron chi connectivity index (χ4n) is 5.09. The number of carbonyl (C=O) groups excluding carboxylic acids is 1. The lowest BCUT2D eigenvalue weighted by Crippen LogP contribution is -3.16. The Hall–Kier alpha value is -0.570. The van der Waals surface area contributed by atoms with Crippen LogP contribution in [0.2, 0.25) is 0 Å². The van der Waals surface area contributed by atoms with E-state index >= 15 is 0 Å². The molecule has 0 saturated heterocycles. The average Bonchev–Trinajstić information content (AvgIpc) is 2.14. The largest absolute Gasteiger partial charge is 0.550 e. The second kappa shape index (κ2) is 3.00. The standard InChI is InChI=1S/C13H21NO2/c1-14(2)13-6-9-3-10(7-13)5-12(4-9,8-13)11(15)16/h9-10H,3-8H2,1-2H3,(H,15,16)/t9-,10-,12?,13?/m0/s1. The van der Waals surface area contributed by atoms with E-state index in [1.54, 1.807) is 0 Å². The zero-order chi connectivity index (χ0) is 11.6. The molecule has 90 valence electrons. The Morgan fingerprint density at radius 2 is 1.75 bits per heavy atom. The summed E-state index contributed by atoms with van der Waals surface area (Å²) in [5.41, 5.74) is -0.231. The summed E-state index contributed by atoms with van der Waals surface area (Å²) in [4.78, 5) is 12.9. The number of aliphatic carboxylic acids is 1. The zero-order valence-corrected chi connectivity index (χ0v) is 10.2. The van der Waals surface area contributed by atoms with Crippen molar-refractivity contribution in [1.29, 1.82) is 0 Å². The van der Waals surface area contributed by atoms with Crippen molar-refractivity contribution in [2.75, 3.05) is 14.1 Å². The van der Waals surface area contributed by atoms with Crippen molar-refractivity contribution in [2.24, 2.45) is 17.3 Å². The van der Waals surface area contributed by atoms with Gasteiger partial charge in [0, 0.05) is 30.6 Å². The fraction of sp³-hybridized carbons (Fsp3) is 0.923. The Labute approximate surface area is 96.8 Å². The number of carbonyl (C=O) groups is 1. The quantitative estimate of drug-likeness (QED) is 0.667.